The Morgan fingerprint density at radius 2 is 1.90 bits per heavy atom. The lowest BCUT2D eigenvalue weighted by molar-refractivity contribution is 0.735. The molecule has 1 aromatic carbocycles. The maximum atomic E-state index is 5.90. The molecule has 0 saturated heterocycles. The van der Waals surface area contributed by atoms with Gasteiger partial charge in [-0.1, -0.05) is 49.9 Å². The molecule has 0 fully saturated rings. The van der Waals surface area contributed by atoms with Crippen molar-refractivity contribution in [1.82, 2.24) is 0 Å². The van der Waals surface area contributed by atoms with Crippen molar-refractivity contribution in [3.63, 3.8) is 0 Å². The first-order valence-electron chi connectivity index (χ1n) is 7.32. The van der Waals surface area contributed by atoms with Crippen molar-refractivity contribution in [2.75, 3.05) is 0 Å². The maximum Gasteiger partial charge on any atom is 0.0680 e. The third-order valence-corrected chi connectivity index (χ3v) is 3.26. The number of nitrogens with zero attached hydrogens (tertiary/aromatic N) is 1. The topological polar surface area (TPSA) is 38.4 Å². The van der Waals surface area contributed by atoms with Crippen molar-refractivity contribution >= 4 is 11.4 Å². The van der Waals surface area contributed by atoms with Crippen LogP contribution < -0.4 is 5.73 Å². The lowest BCUT2D eigenvalue weighted by Crippen LogP contribution is -2.11. The molecule has 2 nitrogen and oxygen atoms in total. The van der Waals surface area contributed by atoms with E-state index in [0.717, 1.165) is 29.0 Å². The zero-order chi connectivity index (χ0) is 15.8. The summed E-state index contributed by atoms with van der Waals surface area (Å²) in [6.07, 6.45) is 4.79. The normalized spacial score (nSPS) is 15.4. The number of hydrogen-bond acceptors (Lipinski definition) is 2. The molecule has 0 aliphatic carbocycles. The number of nitrogens with two attached hydrogens (primary N) is 1. The Morgan fingerprint density at radius 3 is 2.43 bits per heavy atom. The molecule has 0 amide bonds. The fraction of sp³-hybridized carbons (Fsp3) is 0.316. The number of rotatable bonds is 7. The third-order valence-electron chi connectivity index (χ3n) is 3.26. The zero-order valence-corrected chi connectivity index (χ0v) is 13.3. The monoisotopic (exact) mass is 282 g/mol. The van der Waals surface area contributed by atoms with Gasteiger partial charge in [0, 0.05) is 11.8 Å². The van der Waals surface area contributed by atoms with Gasteiger partial charge in [0.1, 0.15) is 0 Å². The molecule has 0 spiro atoms. The molecule has 2 atom stereocenters. The molecule has 2 unspecified atom stereocenters. The SMILES string of the molecule is C=CC(C)CC(=C)C(C)=N/C(=C\C(C)N)c1ccccc1. The van der Waals surface area contributed by atoms with Crippen LogP contribution in [0, 0.1) is 5.92 Å². The molecule has 2 N–H and O–H groups in total. The number of hydrogen-bond donors (Lipinski definition) is 1. The summed E-state index contributed by atoms with van der Waals surface area (Å²) in [6.45, 7) is 14.0. The van der Waals surface area contributed by atoms with Crippen LogP contribution in [0.15, 0.2) is 66.2 Å². The summed E-state index contributed by atoms with van der Waals surface area (Å²) < 4.78 is 0. The lowest BCUT2D eigenvalue weighted by atomic mass is 9.99. The Hall–Kier alpha value is -1.93. The predicted octanol–water partition coefficient (Wildman–Crippen LogP) is 4.60. The molecular formula is C19H26N2. The van der Waals surface area contributed by atoms with Crippen LogP contribution in [0.4, 0.5) is 0 Å². The van der Waals surface area contributed by atoms with Gasteiger partial charge in [0.25, 0.3) is 0 Å². The molecule has 0 radical (unpaired) electrons. The van der Waals surface area contributed by atoms with Gasteiger partial charge in [-0.2, -0.15) is 0 Å². The Morgan fingerprint density at radius 1 is 1.29 bits per heavy atom. The number of benzene rings is 1. The van der Waals surface area contributed by atoms with E-state index in [9.17, 15) is 0 Å². The van der Waals surface area contributed by atoms with Gasteiger partial charge in [0.05, 0.1) is 5.70 Å². The molecular weight excluding hydrogens is 256 g/mol. The standard InChI is InChI=1S/C19H26N2/c1-6-14(2)12-15(3)17(5)21-19(13-16(4)20)18-10-8-7-9-11-18/h6-11,13-14,16H,1,3,12,20H2,2,4-5H3/b19-13-,21-17?. The van der Waals surface area contributed by atoms with E-state index in [4.69, 9.17) is 10.7 Å². The van der Waals surface area contributed by atoms with E-state index in [0.29, 0.717) is 5.92 Å². The Bertz CT molecular complexity index is 536. The molecule has 2 heteroatoms. The highest BCUT2D eigenvalue weighted by Crippen LogP contribution is 2.19. The summed E-state index contributed by atoms with van der Waals surface area (Å²) in [4.78, 5) is 4.74. The van der Waals surface area contributed by atoms with E-state index < -0.39 is 0 Å². The van der Waals surface area contributed by atoms with Gasteiger partial charge >= 0.3 is 0 Å². The molecule has 0 aliphatic heterocycles. The van der Waals surface area contributed by atoms with Crippen LogP contribution in [-0.2, 0) is 0 Å². The van der Waals surface area contributed by atoms with Crippen molar-refractivity contribution in [3.05, 3.63) is 66.8 Å². The maximum absolute atomic E-state index is 5.90. The highest BCUT2D eigenvalue weighted by Gasteiger charge is 2.06. The first kappa shape index (κ1) is 17.1. The second-order valence-corrected chi connectivity index (χ2v) is 5.49. The van der Waals surface area contributed by atoms with Crippen molar-refractivity contribution in [3.8, 4) is 0 Å². The van der Waals surface area contributed by atoms with E-state index in [1.54, 1.807) is 0 Å². The molecule has 21 heavy (non-hydrogen) atoms. The average Bonchev–Trinajstić information content (AvgIpc) is 2.46. The van der Waals surface area contributed by atoms with Crippen LogP contribution in [0.2, 0.25) is 0 Å². The average molecular weight is 282 g/mol. The van der Waals surface area contributed by atoms with Gasteiger partial charge in [-0.3, -0.25) is 4.99 Å². The van der Waals surface area contributed by atoms with Gasteiger partial charge in [-0.05, 0) is 43.4 Å². The number of aliphatic imine (C=N–C) groups is 1. The fourth-order valence-electron chi connectivity index (χ4n) is 1.94. The van der Waals surface area contributed by atoms with Crippen LogP contribution >= 0.6 is 0 Å². The molecule has 0 heterocycles. The minimum Gasteiger partial charge on any atom is -0.325 e. The Kier molecular flexibility index (Phi) is 6.83. The van der Waals surface area contributed by atoms with Gasteiger partial charge < -0.3 is 5.73 Å². The van der Waals surface area contributed by atoms with Crippen molar-refractivity contribution < 1.29 is 0 Å². The highest BCUT2D eigenvalue weighted by atomic mass is 14.8. The molecule has 112 valence electrons. The number of allylic oxidation sites excluding steroid dienone is 2. The fourth-order valence-corrected chi connectivity index (χ4v) is 1.94. The first-order valence-corrected chi connectivity index (χ1v) is 7.32. The van der Waals surface area contributed by atoms with E-state index >= 15 is 0 Å². The minimum absolute atomic E-state index is 0.0443. The second-order valence-electron chi connectivity index (χ2n) is 5.49. The van der Waals surface area contributed by atoms with E-state index in [1.807, 2.05) is 56.3 Å². The molecule has 0 bridgehead atoms. The largest absolute Gasteiger partial charge is 0.325 e. The molecule has 1 aromatic rings. The van der Waals surface area contributed by atoms with E-state index in [1.165, 1.54) is 0 Å². The molecule has 0 saturated carbocycles. The van der Waals surface area contributed by atoms with Crippen LogP contribution in [0.5, 0.6) is 0 Å². The van der Waals surface area contributed by atoms with Crippen molar-refractivity contribution in [2.24, 2.45) is 16.6 Å². The van der Waals surface area contributed by atoms with Crippen LogP contribution in [-0.4, -0.2) is 11.8 Å². The van der Waals surface area contributed by atoms with Crippen LogP contribution in [0.25, 0.3) is 5.70 Å². The quantitative estimate of drug-likeness (QED) is 0.576. The smallest absolute Gasteiger partial charge is 0.0680 e. The summed E-state index contributed by atoms with van der Waals surface area (Å²) in [5, 5.41) is 0. The van der Waals surface area contributed by atoms with Gasteiger partial charge in [-0.15, -0.1) is 6.58 Å². The Labute approximate surface area is 128 Å². The first-order chi connectivity index (χ1) is 9.93. The van der Waals surface area contributed by atoms with Crippen LogP contribution in [0.1, 0.15) is 32.8 Å². The molecule has 0 aromatic heterocycles. The minimum atomic E-state index is -0.0443. The lowest BCUT2D eigenvalue weighted by Gasteiger charge is -2.11. The second kappa shape index (κ2) is 8.38. The summed E-state index contributed by atoms with van der Waals surface area (Å²) >= 11 is 0. The van der Waals surface area contributed by atoms with Gasteiger partial charge in [0.15, 0.2) is 0 Å². The van der Waals surface area contributed by atoms with E-state index in [-0.39, 0.29) is 6.04 Å². The van der Waals surface area contributed by atoms with E-state index in [2.05, 4.69) is 20.1 Å². The summed E-state index contributed by atoms with van der Waals surface area (Å²) in [5.41, 5.74) is 9.85. The zero-order valence-electron chi connectivity index (χ0n) is 13.3. The highest BCUT2D eigenvalue weighted by molar-refractivity contribution is 6.00. The van der Waals surface area contributed by atoms with Gasteiger partial charge in [0.2, 0.25) is 0 Å². The van der Waals surface area contributed by atoms with Crippen molar-refractivity contribution in [1.29, 1.82) is 0 Å². The predicted molar refractivity (Wildman–Crippen MR) is 94.3 cm³/mol. The summed E-state index contributed by atoms with van der Waals surface area (Å²) in [7, 11) is 0. The third kappa shape index (κ3) is 5.92. The van der Waals surface area contributed by atoms with Gasteiger partial charge in [-0.25, -0.2) is 0 Å². The summed E-state index contributed by atoms with van der Waals surface area (Å²) in [6, 6.07) is 10.0. The molecule has 1 rings (SSSR count). The van der Waals surface area contributed by atoms with Crippen LogP contribution in [0.3, 0.4) is 0 Å². The Balaban J connectivity index is 3.03. The molecule has 0 aliphatic rings. The van der Waals surface area contributed by atoms with Crippen molar-refractivity contribution in [2.45, 2.75) is 33.2 Å². The summed E-state index contributed by atoms with van der Waals surface area (Å²) in [5.74, 6) is 0.403.